The van der Waals surface area contributed by atoms with E-state index in [-0.39, 0.29) is 18.3 Å². The molecule has 1 N–H and O–H groups in total. The molecule has 1 aliphatic carbocycles. The van der Waals surface area contributed by atoms with Gasteiger partial charge in [-0.2, -0.15) is 0 Å². The van der Waals surface area contributed by atoms with Gasteiger partial charge in [0.1, 0.15) is 5.82 Å². The maximum absolute atomic E-state index is 13.2. The lowest BCUT2D eigenvalue weighted by atomic mass is 10.1. The summed E-state index contributed by atoms with van der Waals surface area (Å²) in [4.78, 5) is 12.8. The molecule has 1 saturated carbocycles. The van der Waals surface area contributed by atoms with E-state index in [1.54, 1.807) is 6.07 Å². The van der Waals surface area contributed by atoms with E-state index < -0.39 is 5.97 Å². The number of carboxylic acid groups (broad SMARTS) is 1. The summed E-state index contributed by atoms with van der Waals surface area (Å²) in [5.74, 6) is -1.03. The van der Waals surface area contributed by atoms with Gasteiger partial charge in [0.2, 0.25) is 0 Å². The summed E-state index contributed by atoms with van der Waals surface area (Å²) in [5, 5.41) is 8.77. The van der Waals surface area contributed by atoms with Gasteiger partial charge in [-0.15, -0.1) is 0 Å². The van der Waals surface area contributed by atoms with Crippen molar-refractivity contribution in [3.8, 4) is 0 Å². The second kappa shape index (κ2) is 5.48. The van der Waals surface area contributed by atoms with Crippen molar-refractivity contribution < 1.29 is 14.3 Å². The Labute approximate surface area is 106 Å². The van der Waals surface area contributed by atoms with E-state index in [4.69, 9.17) is 5.11 Å². The van der Waals surface area contributed by atoms with Crippen LogP contribution in [0.25, 0.3) is 0 Å². The molecule has 1 fully saturated rings. The Balaban J connectivity index is 2.07. The number of carboxylic acids is 1. The van der Waals surface area contributed by atoms with Crippen molar-refractivity contribution in [2.45, 2.75) is 38.3 Å². The first-order chi connectivity index (χ1) is 8.58. The van der Waals surface area contributed by atoms with Crippen molar-refractivity contribution in [1.82, 2.24) is 4.90 Å². The number of halogens is 1. The molecule has 18 heavy (non-hydrogen) atoms. The normalized spacial score (nSPS) is 16.8. The van der Waals surface area contributed by atoms with Crippen LogP contribution in [0, 0.1) is 5.82 Å². The summed E-state index contributed by atoms with van der Waals surface area (Å²) in [6.45, 7) is 2.53. The van der Waals surface area contributed by atoms with Crippen LogP contribution in [0.5, 0.6) is 0 Å². The van der Waals surface area contributed by atoms with Crippen molar-refractivity contribution in [2.24, 2.45) is 0 Å². The minimum Gasteiger partial charge on any atom is -0.481 e. The Morgan fingerprint density at radius 2 is 2.28 bits per heavy atom. The van der Waals surface area contributed by atoms with E-state index in [1.165, 1.54) is 12.1 Å². The minimum absolute atomic E-state index is 0.0625. The monoisotopic (exact) mass is 251 g/mol. The van der Waals surface area contributed by atoms with Crippen molar-refractivity contribution in [1.29, 1.82) is 0 Å². The van der Waals surface area contributed by atoms with Crippen LogP contribution < -0.4 is 0 Å². The van der Waals surface area contributed by atoms with Gasteiger partial charge < -0.3 is 5.11 Å². The van der Waals surface area contributed by atoms with Gasteiger partial charge in [0, 0.05) is 18.6 Å². The maximum atomic E-state index is 13.2. The second-order valence-electron chi connectivity index (χ2n) is 4.84. The quantitative estimate of drug-likeness (QED) is 0.845. The number of aliphatic carboxylic acids is 1. The zero-order chi connectivity index (χ0) is 13.1. The lowest BCUT2D eigenvalue weighted by Gasteiger charge is -2.29. The molecule has 98 valence electrons. The number of hydrogen-bond acceptors (Lipinski definition) is 2. The third-order valence-corrected chi connectivity index (χ3v) is 3.43. The fourth-order valence-corrected chi connectivity index (χ4v) is 2.28. The van der Waals surface area contributed by atoms with Crippen molar-refractivity contribution in [2.75, 3.05) is 6.54 Å². The summed E-state index contributed by atoms with van der Waals surface area (Å²) >= 11 is 0. The number of benzene rings is 1. The Bertz CT molecular complexity index is 432. The predicted octanol–water partition coefficient (Wildman–Crippen LogP) is 2.83. The van der Waals surface area contributed by atoms with E-state index in [1.807, 2.05) is 13.0 Å². The predicted molar refractivity (Wildman–Crippen MR) is 66.8 cm³/mol. The standard InChI is InChI=1S/C14H18FNO2/c1-10(11-3-2-4-12(15)9-11)16(13-5-6-13)8-7-14(17)18/h2-4,9-10,13H,5-8H2,1H3,(H,17,18). The lowest BCUT2D eigenvalue weighted by Crippen LogP contribution is -2.31. The topological polar surface area (TPSA) is 40.5 Å². The molecular weight excluding hydrogens is 233 g/mol. The molecule has 1 aromatic rings. The van der Waals surface area contributed by atoms with E-state index >= 15 is 0 Å². The average molecular weight is 251 g/mol. The minimum atomic E-state index is -0.785. The van der Waals surface area contributed by atoms with Gasteiger partial charge in [-0.05, 0) is 37.5 Å². The average Bonchev–Trinajstić information content (AvgIpc) is 3.13. The molecule has 0 spiro atoms. The maximum Gasteiger partial charge on any atom is 0.304 e. The highest BCUT2D eigenvalue weighted by Crippen LogP contribution is 2.34. The first kappa shape index (κ1) is 13.0. The fraction of sp³-hybridized carbons (Fsp3) is 0.500. The van der Waals surface area contributed by atoms with Crippen LogP contribution in [0.1, 0.15) is 37.8 Å². The van der Waals surface area contributed by atoms with Gasteiger partial charge in [0.05, 0.1) is 6.42 Å². The highest BCUT2D eigenvalue weighted by molar-refractivity contribution is 5.66. The Hall–Kier alpha value is -1.42. The smallest absolute Gasteiger partial charge is 0.304 e. The molecule has 0 heterocycles. The van der Waals surface area contributed by atoms with Crippen LogP contribution in [0.15, 0.2) is 24.3 Å². The first-order valence-electron chi connectivity index (χ1n) is 6.31. The Kier molecular flexibility index (Phi) is 3.97. The van der Waals surface area contributed by atoms with Crippen LogP contribution in [0.3, 0.4) is 0 Å². The van der Waals surface area contributed by atoms with Crippen molar-refractivity contribution in [3.05, 3.63) is 35.6 Å². The van der Waals surface area contributed by atoms with Gasteiger partial charge in [-0.25, -0.2) is 4.39 Å². The summed E-state index contributed by atoms with van der Waals surface area (Å²) in [6, 6.07) is 7.07. The zero-order valence-corrected chi connectivity index (χ0v) is 10.5. The molecule has 1 aromatic carbocycles. The summed E-state index contributed by atoms with van der Waals surface area (Å²) in [5.41, 5.74) is 0.910. The molecule has 1 aliphatic rings. The van der Waals surface area contributed by atoms with Gasteiger partial charge in [-0.1, -0.05) is 12.1 Å². The van der Waals surface area contributed by atoms with E-state index in [2.05, 4.69) is 4.90 Å². The van der Waals surface area contributed by atoms with Crippen LogP contribution >= 0.6 is 0 Å². The van der Waals surface area contributed by atoms with Crippen LogP contribution in [0.2, 0.25) is 0 Å². The third kappa shape index (κ3) is 3.29. The molecule has 0 saturated heterocycles. The number of rotatable bonds is 6. The van der Waals surface area contributed by atoms with E-state index in [9.17, 15) is 9.18 Å². The van der Waals surface area contributed by atoms with Gasteiger partial charge in [0.25, 0.3) is 0 Å². The molecule has 3 nitrogen and oxygen atoms in total. The number of hydrogen-bond donors (Lipinski definition) is 1. The molecule has 2 rings (SSSR count). The van der Waals surface area contributed by atoms with Crippen molar-refractivity contribution in [3.63, 3.8) is 0 Å². The highest BCUT2D eigenvalue weighted by atomic mass is 19.1. The zero-order valence-electron chi connectivity index (χ0n) is 10.5. The summed E-state index contributed by atoms with van der Waals surface area (Å²) in [7, 11) is 0. The molecule has 1 atom stereocenters. The molecule has 0 aliphatic heterocycles. The number of nitrogens with zero attached hydrogens (tertiary/aromatic N) is 1. The molecule has 0 radical (unpaired) electrons. The van der Waals surface area contributed by atoms with Crippen LogP contribution in [-0.2, 0) is 4.79 Å². The van der Waals surface area contributed by atoms with Crippen molar-refractivity contribution >= 4 is 5.97 Å². The number of carbonyl (C=O) groups is 1. The largest absolute Gasteiger partial charge is 0.481 e. The summed E-state index contributed by atoms with van der Waals surface area (Å²) < 4.78 is 13.2. The van der Waals surface area contributed by atoms with Crippen LogP contribution in [-0.4, -0.2) is 28.6 Å². The summed E-state index contributed by atoms with van der Waals surface area (Å²) in [6.07, 6.45) is 2.36. The molecule has 1 unspecified atom stereocenters. The lowest BCUT2D eigenvalue weighted by molar-refractivity contribution is -0.137. The molecule has 0 bridgehead atoms. The highest BCUT2D eigenvalue weighted by Gasteiger charge is 2.32. The molecular formula is C14H18FNO2. The van der Waals surface area contributed by atoms with E-state index in [0.717, 1.165) is 18.4 Å². The fourth-order valence-electron chi connectivity index (χ4n) is 2.28. The molecule has 0 amide bonds. The Morgan fingerprint density at radius 3 is 2.83 bits per heavy atom. The third-order valence-electron chi connectivity index (χ3n) is 3.43. The van der Waals surface area contributed by atoms with E-state index in [0.29, 0.717) is 12.6 Å². The van der Waals surface area contributed by atoms with Gasteiger partial charge in [0.15, 0.2) is 0 Å². The second-order valence-corrected chi connectivity index (χ2v) is 4.84. The first-order valence-corrected chi connectivity index (χ1v) is 6.31. The molecule has 4 heteroatoms. The molecule has 0 aromatic heterocycles. The Morgan fingerprint density at radius 1 is 1.56 bits per heavy atom. The van der Waals surface area contributed by atoms with Gasteiger partial charge in [-0.3, -0.25) is 9.69 Å². The van der Waals surface area contributed by atoms with Gasteiger partial charge >= 0.3 is 5.97 Å². The SMILES string of the molecule is CC(c1cccc(F)c1)N(CCC(=O)O)C1CC1. The van der Waals surface area contributed by atoms with Crippen LogP contribution in [0.4, 0.5) is 4.39 Å².